The molecule has 1 aromatic heterocycles. The number of hydrogen-bond donors (Lipinski definition) is 1. The Morgan fingerprint density at radius 3 is 2.86 bits per heavy atom. The Bertz CT molecular complexity index is 737. The molecule has 0 radical (unpaired) electrons. The molecule has 2 rings (SSSR count). The number of rotatable bonds is 4. The van der Waals surface area contributed by atoms with Crippen molar-refractivity contribution in [2.24, 2.45) is 4.99 Å². The van der Waals surface area contributed by atoms with Crippen LogP contribution in [0.15, 0.2) is 27.7 Å². The fourth-order valence-electron chi connectivity index (χ4n) is 1.90. The van der Waals surface area contributed by atoms with E-state index in [4.69, 9.17) is 4.74 Å². The van der Waals surface area contributed by atoms with E-state index in [1.807, 2.05) is 13.8 Å². The number of halogens is 1. The lowest BCUT2D eigenvalue weighted by Crippen LogP contribution is -2.05. The van der Waals surface area contributed by atoms with Crippen LogP contribution in [0, 0.1) is 13.8 Å². The van der Waals surface area contributed by atoms with Crippen LogP contribution >= 0.6 is 27.3 Å². The first-order valence-electron chi connectivity index (χ1n) is 6.73. The normalized spacial score (nSPS) is 11.1. The van der Waals surface area contributed by atoms with Gasteiger partial charge in [0.15, 0.2) is 0 Å². The second kappa shape index (κ2) is 7.07. The lowest BCUT2D eigenvalue weighted by molar-refractivity contribution is 0.0527. The van der Waals surface area contributed by atoms with Gasteiger partial charge < -0.3 is 9.84 Å². The Morgan fingerprint density at radius 1 is 1.45 bits per heavy atom. The van der Waals surface area contributed by atoms with Gasteiger partial charge in [-0.1, -0.05) is 15.9 Å². The molecule has 1 aromatic carbocycles. The third-order valence-corrected chi connectivity index (χ3v) is 4.77. The monoisotopic (exact) mass is 381 g/mol. The largest absolute Gasteiger partial charge is 0.507 e. The molecule has 0 spiro atoms. The zero-order valence-corrected chi connectivity index (χ0v) is 14.9. The number of benzene rings is 1. The number of phenols is 1. The molecular formula is C16H16BrNO3S. The van der Waals surface area contributed by atoms with Crippen LogP contribution in [0.5, 0.6) is 5.75 Å². The molecule has 6 heteroatoms. The first-order chi connectivity index (χ1) is 10.4. The molecule has 0 amide bonds. The number of carbonyl (C=O) groups is 1. The number of nitrogens with zero attached hydrogens (tertiary/aromatic N) is 1. The third kappa shape index (κ3) is 3.56. The molecule has 0 fully saturated rings. The van der Waals surface area contributed by atoms with Crippen molar-refractivity contribution in [1.29, 1.82) is 0 Å². The van der Waals surface area contributed by atoms with Gasteiger partial charge in [-0.15, -0.1) is 11.3 Å². The summed E-state index contributed by atoms with van der Waals surface area (Å²) in [6.07, 6.45) is 1.55. The number of hydrogen-bond acceptors (Lipinski definition) is 5. The molecule has 0 saturated carbocycles. The molecule has 2 aromatic rings. The van der Waals surface area contributed by atoms with Crippen LogP contribution in [-0.2, 0) is 4.74 Å². The molecule has 116 valence electrons. The quantitative estimate of drug-likeness (QED) is 0.613. The van der Waals surface area contributed by atoms with Crippen molar-refractivity contribution < 1.29 is 14.6 Å². The van der Waals surface area contributed by atoms with Gasteiger partial charge in [-0.05, 0) is 44.5 Å². The van der Waals surface area contributed by atoms with Gasteiger partial charge in [-0.3, -0.25) is 0 Å². The lowest BCUT2D eigenvalue weighted by Gasteiger charge is -2.03. The summed E-state index contributed by atoms with van der Waals surface area (Å²) in [5.74, 6) is -0.232. The van der Waals surface area contributed by atoms with Gasteiger partial charge in [-0.25, -0.2) is 9.79 Å². The van der Waals surface area contributed by atoms with Crippen molar-refractivity contribution in [1.82, 2.24) is 0 Å². The van der Waals surface area contributed by atoms with Gasteiger partial charge in [-0.2, -0.15) is 0 Å². The molecule has 0 bridgehead atoms. The van der Waals surface area contributed by atoms with Crippen LogP contribution in [0.4, 0.5) is 5.00 Å². The lowest BCUT2D eigenvalue weighted by atomic mass is 10.1. The predicted molar refractivity (Wildman–Crippen MR) is 92.8 cm³/mol. The van der Waals surface area contributed by atoms with E-state index in [0.29, 0.717) is 22.7 Å². The maximum Gasteiger partial charge on any atom is 0.341 e. The van der Waals surface area contributed by atoms with Crippen LogP contribution in [0.3, 0.4) is 0 Å². The van der Waals surface area contributed by atoms with E-state index in [-0.39, 0.29) is 11.7 Å². The molecule has 0 aliphatic rings. The molecule has 0 saturated heterocycles. The van der Waals surface area contributed by atoms with Crippen LogP contribution in [0.1, 0.15) is 33.3 Å². The Labute approximate surface area is 141 Å². The number of phenolic OH excluding ortho intramolecular Hbond substituents is 1. The highest BCUT2D eigenvalue weighted by Gasteiger charge is 2.20. The summed E-state index contributed by atoms with van der Waals surface area (Å²) in [5.41, 5.74) is 1.96. The van der Waals surface area contributed by atoms with Gasteiger partial charge in [0.25, 0.3) is 0 Å². The van der Waals surface area contributed by atoms with E-state index in [1.165, 1.54) is 11.3 Å². The second-order valence-corrected chi connectivity index (χ2v) is 6.76. The number of aryl methyl sites for hydroxylation is 1. The average molecular weight is 382 g/mol. The number of aliphatic imine (C=N–C) groups is 1. The van der Waals surface area contributed by atoms with Gasteiger partial charge in [0.1, 0.15) is 10.8 Å². The summed E-state index contributed by atoms with van der Waals surface area (Å²) in [7, 11) is 0. The highest BCUT2D eigenvalue weighted by Crippen LogP contribution is 2.35. The zero-order chi connectivity index (χ0) is 16.3. The Balaban J connectivity index is 2.41. The maximum atomic E-state index is 12.1. The number of aromatic hydroxyl groups is 1. The Kier molecular flexibility index (Phi) is 5.37. The van der Waals surface area contributed by atoms with Crippen molar-refractivity contribution in [3.63, 3.8) is 0 Å². The van der Waals surface area contributed by atoms with E-state index in [1.54, 1.807) is 31.3 Å². The van der Waals surface area contributed by atoms with Crippen molar-refractivity contribution in [2.75, 3.05) is 6.61 Å². The SMILES string of the molecule is CCOC(=O)c1c(N=Cc2cc(Br)ccc2O)sc(C)c1C. The predicted octanol–water partition coefficient (Wildman–Crippen LogP) is 4.76. The van der Waals surface area contributed by atoms with Crippen LogP contribution in [0.2, 0.25) is 0 Å². The minimum atomic E-state index is -0.366. The zero-order valence-electron chi connectivity index (χ0n) is 12.5. The summed E-state index contributed by atoms with van der Waals surface area (Å²) in [4.78, 5) is 17.5. The number of carbonyl (C=O) groups excluding carboxylic acids is 1. The van der Waals surface area contributed by atoms with E-state index in [9.17, 15) is 9.90 Å². The fourth-order valence-corrected chi connectivity index (χ4v) is 3.27. The topological polar surface area (TPSA) is 58.9 Å². The molecule has 0 aliphatic carbocycles. The highest BCUT2D eigenvalue weighted by molar-refractivity contribution is 9.10. The summed E-state index contributed by atoms with van der Waals surface area (Å²) in [5, 5.41) is 10.4. The molecule has 22 heavy (non-hydrogen) atoms. The van der Waals surface area contributed by atoms with Crippen molar-refractivity contribution in [3.8, 4) is 5.75 Å². The van der Waals surface area contributed by atoms with E-state index < -0.39 is 0 Å². The average Bonchev–Trinajstić information content (AvgIpc) is 2.75. The first kappa shape index (κ1) is 16.7. The standard InChI is InChI=1S/C16H16BrNO3S/c1-4-21-16(20)14-9(2)10(3)22-15(14)18-8-11-7-12(17)5-6-13(11)19/h5-8,19H,4H2,1-3H3. The number of thiophene rings is 1. The number of ether oxygens (including phenoxy) is 1. The van der Waals surface area contributed by atoms with E-state index >= 15 is 0 Å². The number of esters is 1. The second-order valence-electron chi connectivity index (χ2n) is 4.65. The summed E-state index contributed by atoms with van der Waals surface area (Å²) < 4.78 is 5.94. The fraction of sp³-hybridized carbons (Fsp3) is 0.250. The molecule has 1 N–H and O–H groups in total. The highest BCUT2D eigenvalue weighted by atomic mass is 79.9. The molecule has 0 unspecified atom stereocenters. The van der Waals surface area contributed by atoms with Crippen molar-refractivity contribution in [2.45, 2.75) is 20.8 Å². The third-order valence-electron chi connectivity index (χ3n) is 3.16. The van der Waals surface area contributed by atoms with Gasteiger partial charge in [0.05, 0.1) is 12.2 Å². The maximum absolute atomic E-state index is 12.1. The summed E-state index contributed by atoms with van der Waals surface area (Å²) in [6.45, 7) is 5.92. The first-order valence-corrected chi connectivity index (χ1v) is 8.34. The van der Waals surface area contributed by atoms with E-state index in [0.717, 1.165) is 14.9 Å². The Hall–Kier alpha value is -1.66. The van der Waals surface area contributed by atoms with Gasteiger partial charge in [0.2, 0.25) is 0 Å². The van der Waals surface area contributed by atoms with Gasteiger partial charge >= 0.3 is 5.97 Å². The Morgan fingerprint density at radius 2 is 2.18 bits per heavy atom. The molecule has 4 nitrogen and oxygen atoms in total. The summed E-state index contributed by atoms with van der Waals surface area (Å²) >= 11 is 4.78. The van der Waals surface area contributed by atoms with Crippen LogP contribution < -0.4 is 0 Å². The van der Waals surface area contributed by atoms with Gasteiger partial charge in [0, 0.05) is 21.1 Å². The molecule has 1 heterocycles. The molecule has 0 atom stereocenters. The van der Waals surface area contributed by atoms with E-state index in [2.05, 4.69) is 20.9 Å². The smallest absolute Gasteiger partial charge is 0.341 e. The molecule has 0 aliphatic heterocycles. The van der Waals surface area contributed by atoms with Crippen molar-refractivity contribution in [3.05, 3.63) is 44.2 Å². The molecular weight excluding hydrogens is 366 g/mol. The minimum absolute atomic E-state index is 0.134. The summed E-state index contributed by atoms with van der Waals surface area (Å²) in [6, 6.07) is 5.09. The van der Waals surface area contributed by atoms with Crippen LogP contribution in [-0.4, -0.2) is 23.9 Å². The van der Waals surface area contributed by atoms with Crippen LogP contribution in [0.25, 0.3) is 0 Å². The minimum Gasteiger partial charge on any atom is -0.507 e. The van der Waals surface area contributed by atoms with Crippen molar-refractivity contribution >= 4 is 44.5 Å².